The zero-order valence-electron chi connectivity index (χ0n) is 17.1. The molecule has 164 valence electrons. The lowest BCUT2D eigenvalue weighted by Gasteiger charge is -2.28. The molecular formula is C21H24ClN5O4. The number of amides is 2. The van der Waals surface area contributed by atoms with E-state index in [-0.39, 0.29) is 34.4 Å². The van der Waals surface area contributed by atoms with Gasteiger partial charge in [-0.25, -0.2) is 4.98 Å². The van der Waals surface area contributed by atoms with Gasteiger partial charge in [0.15, 0.2) is 5.15 Å². The third kappa shape index (κ3) is 4.23. The molecule has 1 atom stereocenters. The number of hydrogen-bond acceptors (Lipinski definition) is 6. The number of carbonyl (C=O) groups excluding carboxylic acids is 2. The van der Waals surface area contributed by atoms with Crippen LogP contribution in [0.4, 0.5) is 0 Å². The van der Waals surface area contributed by atoms with Crippen molar-refractivity contribution < 1.29 is 14.1 Å². The van der Waals surface area contributed by atoms with Crippen LogP contribution in [0.1, 0.15) is 54.4 Å². The third-order valence-corrected chi connectivity index (χ3v) is 6.55. The van der Waals surface area contributed by atoms with Gasteiger partial charge in [0, 0.05) is 55.9 Å². The fraction of sp³-hybridized carbons (Fsp3) is 0.571. The van der Waals surface area contributed by atoms with Gasteiger partial charge in [-0.3, -0.25) is 14.4 Å². The zero-order valence-corrected chi connectivity index (χ0v) is 17.9. The molecule has 10 heteroatoms. The average molecular weight is 446 g/mol. The molecule has 2 aliphatic heterocycles. The number of hydrogen-bond donors (Lipinski definition) is 1. The van der Waals surface area contributed by atoms with Gasteiger partial charge < -0.3 is 19.3 Å². The summed E-state index contributed by atoms with van der Waals surface area (Å²) in [5.41, 5.74) is 1.26. The summed E-state index contributed by atoms with van der Waals surface area (Å²) >= 11 is 5.74. The van der Waals surface area contributed by atoms with Gasteiger partial charge in [-0.1, -0.05) is 16.8 Å². The lowest BCUT2D eigenvalue weighted by molar-refractivity contribution is -0.133. The van der Waals surface area contributed by atoms with Gasteiger partial charge in [0.05, 0.1) is 12.2 Å². The first-order valence-electron chi connectivity index (χ1n) is 10.8. The van der Waals surface area contributed by atoms with Crippen molar-refractivity contribution in [3.05, 3.63) is 44.4 Å². The number of fused-ring (bicyclic) bond motifs is 1. The molecule has 1 N–H and O–H groups in total. The quantitative estimate of drug-likeness (QED) is 0.748. The smallest absolute Gasteiger partial charge is 0.254 e. The van der Waals surface area contributed by atoms with Crippen molar-refractivity contribution in [2.24, 2.45) is 5.92 Å². The number of halogens is 1. The lowest BCUT2D eigenvalue weighted by atomic mass is 10.0. The van der Waals surface area contributed by atoms with Crippen LogP contribution in [0.3, 0.4) is 0 Å². The van der Waals surface area contributed by atoms with Crippen LogP contribution in [0.5, 0.6) is 0 Å². The Balaban J connectivity index is 1.24. The number of nitrogens with zero attached hydrogens (tertiary/aromatic N) is 4. The third-order valence-electron chi connectivity index (χ3n) is 6.37. The first-order valence-corrected chi connectivity index (χ1v) is 11.2. The molecule has 5 rings (SSSR count). The van der Waals surface area contributed by atoms with Crippen molar-refractivity contribution in [2.75, 3.05) is 19.6 Å². The molecule has 0 radical (unpaired) electrons. The van der Waals surface area contributed by atoms with E-state index >= 15 is 0 Å². The van der Waals surface area contributed by atoms with E-state index in [1.54, 1.807) is 11.0 Å². The van der Waals surface area contributed by atoms with E-state index in [9.17, 15) is 14.4 Å². The van der Waals surface area contributed by atoms with Crippen LogP contribution in [-0.2, 0) is 29.0 Å². The molecule has 1 aliphatic carbocycles. The molecule has 0 spiro atoms. The van der Waals surface area contributed by atoms with E-state index in [1.807, 2.05) is 4.90 Å². The number of carbonyl (C=O) groups is 2. The number of likely N-dealkylation sites (tertiary alicyclic amines) is 1. The molecule has 3 aliphatic rings. The largest absolute Gasteiger partial charge is 0.360 e. The van der Waals surface area contributed by atoms with E-state index in [1.165, 1.54) is 0 Å². The SMILES string of the molecule is O=C(CCc1cc(Cl)no1)N1CC[C@H](c2nc3c(c(=O)[nH]2)CCN(C(=O)C2CC2)C3)C1. The van der Waals surface area contributed by atoms with Gasteiger partial charge in [0.1, 0.15) is 11.6 Å². The number of rotatable bonds is 5. The summed E-state index contributed by atoms with van der Waals surface area (Å²) in [5.74, 6) is 1.54. The predicted octanol–water partition coefficient (Wildman–Crippen LogP) is 1.65. The summed E-state index contributed by atoms with van der Waals surface area (Å²) in [5, 5.41) is 3.90. The molecule has 31 heavy (non-hydrogen) atoms. The molecular weight excluding hydrogens is 422 g/mol. The van der Waals surface area contributed by atoms with Crippen molar-refractivity contribution >= 4 is 23.4 Å². The average Bonchev–Trinajstić information content (AvgIpc) is 3.34. The van der Waals surface area contributed by atoms with Crippen LogP contribution < -0.4 is 5.56 Å². The number of aryl methyl sites for hydroxylation is 1. The van der Waals surface area contributed by atoms with Gasteiger partial charge in [-0.05, 0) is 25.7 Å². The maximum absolute atomic E-state index is 12.6. The van der Waals surface area contributed by atoms with E-state index in [4.69, 9.17) is 21.1 Å². The van der Waals surface area contributed by atoms with Crippen LogP contribution in [0.15, 0.2) is 15.4 Å². The monoisotopic (exact) mass is 445 g/mol. The van der Waals surface area contributed by atoms with Crippen molar-refractivity contribution in [1.29, 1.82) is 0 Å². The number of aromatic nitrogens is 3. The van der Waals surface area contributed by atoms with Crippen molar-refractivity contribution in [3.8, 4) is 0 Å². The first kappa shape index (κ1) is 20.2. The maximum Gasteiger partial charge on any atom is 0.254 e. The fourth-order valence-electron chi connectivity index (χ4n) is 4.43. The van der Waals surface area contributed by atoms with Crippen molar-refractivity contribution in [2.45, 2.75) is 51.0 Å². The normalized spacial score (nSPS) is 20.7. The molecule has 0 bridgehead atoms. The summed E-state index contributed by atoms with van der Waals surface area (Å²) in [7, 11) is 0. The minimum atomic E-state index is -0.120. The molecule has 4 heterocycles. The molecule has 2 aromatic rings. The molecule has 1 saturated carbocycles. The van der Waals surface area contributed by atoms with E-state index in [2.05, 4.69) is 10.1 Å². The highest BCUT2D eigenvalue weighted by atomic mass is 35.5. The minimum absolute atomic E-state index is 0.0174. The zero-order chi connectivity index (χ0) is 21.5. The second kappa shape index (κ2) is 8.11. The molecule has 0 unspecified atom stereocenters. The highest BCUT2D eigenvalue weighted by molar-refractivity contribution is 6.29. The molecule has 0 aromatic carbocycles. The van der Waals surface area contributed by atoms with Gasteiger partial charge in [0.25, 0.3) is 5.56 Å². The highest BCUT2D eigenvalue weighted by Gasteiger charge is 2.36. The van der Waals surface area contributed by atoms with Crippen LogP contribution >= 0.6 is 11.6 Å². The van der Waals surface area contributed by atoms with E-state index in [0.29, 0.717) is 68.3 Å². The molecule has 1 saturated heterocycles. The summed E-state index contributed by atoms with van der Waals surface area (Å²) < 4.78 is 5.05. The maximum atomic E-state index is 12.6. The second-order valence-electron chi connectivity index (χ2n) is 8.60. The topological polar surface area (TPSA) is 112 Å². The van der Waals surface area contributed by atoms with E-state index < -0.39 is 0 Å². The number of aromatic amines is 1. The van der Waals surface area contributed by atoms with Crippen LogP contribution in [0.2, 0.25) is 5.15 Å². The Morgan fingerprint density at radius 1 is 1.23 bits per heavy atom. The standard InChI is InChI=1S/C21H24ClN5O4/c22-17-9-14(31-25-17)3-4-18(28)26-7-5-13(10-26)19-23-16-11-27(21(30)12-1-2-12)8-6-15(16)20(29)24-19/h9,12-13H,1-8,10-11H2,(H,23,24,29)/t13-/m0/s1. The van der Waals surface area contributed by atoms with E-state index in [0.717, 1.165) is 19.3 Å². The Hall–Kier alpha value is -2.68. The summed E-state index contributed by atoms with van der Waals surface area (Å²) in [4.78, 5) is 48.9. The van der Waals surface area contributed by atoms with Crippen LogP contribution in [0, 0.1) is 5.92 Å². The molecule has 9 nitrogen and oxygen atoms in total. The van der Waals surface area contributed by atoms with Crippen molar-refractivity contribution in [1.82, 2.24) is 24.9 Å². The Labute approximate surface area is 183 Å². The van der Waals surface area contributed by atoms with Crippen molar-refractivity contribution in [3.63, 3.8) is 0 Å². The van der Waals surface area contributed by atoms with Gasteiger partial charge in [-0.15, -0.1) is 0 Å². The molecule has 2 aromatic heterocycles. The lowest BCUT2D eigenvalue weighted by Crippen LogP contribution is -2.40. The Kier molecular flexibility index (Phi) is 5.29. The first-order chi connectivity index (χ1) is 15.0. The summed E-state index contributed by atoms with van der Waals surface area (Å²) in [6.45, 7) is 2.11. The summed E-state index contributed by atoms with van der Waals surface area (Å²) in [6, 6.07) is 1.61. The Bertz CT molecular complexity index is 1080. The Morgan fingerprint density at radius 3 is 2.81 bits per heavy atom. The summed E-state index contributed by atoms with van der Waals surface area (Å²) in [6.07, 6.45) is 3.96. The van der Waals surface area contributed by atoms with Crippen LogP contribution in [-0.4, -0.2) is 56.4 Å². The fourth-order valence-corrected chi connectivity index (χ4v) is 4.59. The number of nitrogens with one attached hydrogen (secondary N) is 1. The Morgan fingerprint density at radius 2 is 2.06 bits per heavy atom. The number of H-pyrrole nitrogens is 1. The van der Waals surface area contributed by atoms with Gasteiger partial charge >= 0.3 is 0 Å². The molecule has 2 fully saturated rings. The minimum Gasteiger partial charge on any atom is -0.360 e. The van der Waals surface area contributed by atoms with Crippen LogP contribution in [0.25, 0.3) is 0 Å². The molecule has 2 amide bonds. The van der Waals surface area contributed by atoms with Gasteiger partial charge in [0.2, 0.25) is 11.8 Å². The predicted molar refractivity (Wildman–Crippen MR) is 110 cm³/mol. The second-order valence-corrected chi connectivity index (χ2v) is 8.99. The highest BCUT2D eigenvalue weighted by Crippen LogP contribution is 2.32. The van der Waals surface area contributed by atoms with Gasteiger partial charge in [-0.2, -0.15) is 0 Å².